The number of amides is 1. The van der Waals surface area contributed by atoms with Crippen molar-refractivity contribution >= 4 is 21.7 Å². The van der Waals surface area contributed by atoms with E-state index in [-0.39, 0.29) is 42.5 Å². The van der Waals surface area contributed by atoms with E-state index < -0.39 is 15.8 Å². The highest BCUT2D eigenvalue weighted by atomic mass is 32.2. The third-order valence-electron chi connectivity index (χ3n) is 4.98. The van der Waals surface area contributed by atoms with Crippen LogP contribution in [0.5, 0.6) is 11.5 Å². The Hall–Kier alpha value is -2.29. The minimum atomic E-state index is -3.09. The molecule has 0 aromatic heterocycles. The van der Waals surface area contributed by atoms with Gasteiger partial charge in [-0.15, -0.1) is 0 Å². The standard InChI is InChI=1S/C19H25NO7S/c1-25-16-6-3-13(9-17(16)26-2)10-19(22)27-11-18(21)20(14-4-5-14)15-7-8-28(23,24)12-15/h3,6,9,14-15H,4-5,7-8,10-12H2,1-2H3/t15-/m1/s1. The van der Waals surface area contributed by atoms with Crippen molar-refractivity contribution in [3.05, 3.63) is 23.8 Å². The summed E-state index contributed by atoms with van der Waals surface area (Å²) in [6, 6.07) is 4.86. The first kappa shape index (κ1) is 20.4. The summed E-state index contributed by atoms with van der Waals surface area (Å²) in [5.41, 5.74) is 0.677. The van der Waals surface area contributed by atoms with Crippen molar-refractivity contribution < 1.29 is 32.2 Å². The second-order valence-electron chi connectivity index (χ2n) is 7.12. The zero-order valence-electron chi connectivity index (χ0n) is 16.0. The van der Waals surface area contributed by atoms with Crippen LogP contribution in [0, 0.1) is 0 Å². The SMILES string of the molecule is COc1ccc(CC(=O)OCC(=O)N(C2CC2)[C@@H]2CCS(=O)(=O)C2)cc1OC. The van der Waals surface area contributed by atoms with Gasteiger partial charge in [0.2, 0.25) is 0 Å². The van der Waals surface area contributed by atoms with Crippen molar-refractivity contribution in [3.63, 3.8) is 0 Å². The summed E-state index contributed by atoms with van der Waals surface area (Å²) in [5, 5.41) is 0. The van der Waals surface area contributed by atoms with Crippen molar-refractivity contribution in [2.45, 2.75) is 37.8 Å². The van der Waals surface area contributed by atoms with E-state index in [9.17, 15) is 18.0 Å². The Kier molecular flexibility index (Phi) is 6.12. The molecule has 1 saturated heterocycles. The predicted molar refractivity (Wildman–Crippen MR) is 101 cm³/mol. The molecule has 1 aromatic rings. The van der Waals surface area contributed by atoms with Crippen LogP contribution in [0.3, 0.4) is 0 Å². The number of ether oxygens (including phenoxy) is 3. The number of nitrogens with zero attached hydrogens (tertiary/aromatic N) is 1. The van der Waals surface area contributed by atoms with Crippen molar-refractivity contribution in [3.8, 4) is 11.5 Å². The molecule has 0 N–H and O–H groups in total. The van der Waals surface area contributed by atoms with Crippen molar-refractivity contribution in [2.24, 2.45) is 0 Å². The van der Waals surface area contributed by atoms with Crippen molar-refractivity contribution in [1.29, 1.82) is 0 Å². The minimum absolute atomic E-state index is 0.00509. The molecule has 0 bridgehead atoms. The summed E-state index contributed by atoms with van der Waals surface area (Å²) in [6.45, 7) is -0.376. The molecule has 1 aliphatic heterocycles. The van der Waals surface area contributed by atoms with Crippen molar-refractivity contribution in [1.82, 2.24) is 4.90 Å². The molecule has 2 aliphatic rings. The third kappa shape index (κ3) is 4.95. The minimum Gasteiger partial charge on any atom is -0.493 e. The van der Waals surface area contributed by atoms with Crippen LogP contribution < -0.4 is 9.47 Å². The molecule has 8 nitrogen and oxygen atoms in total. The molecule has 28 heavy (non-hydrogen) atoms. The second-order valence-corrected chi connectivity index (χ2v) is 9.34. The van der Waals surface area contributed by atoms with Gasteiger partial charge in [-0.25, -0.2) is 8.42 Å². The zero-order valence-corrected chi connectivity index (χ0v) is 16.9. The van der Waals surface area contributed by atoms with Gasteiger partial charge < -0.3 is 19.1 Å². The molecule has 1 heterocycles. The number of carbonyl (C=O) groups is 2. The van der Waals surface area contributed by atoms with Gasteiger partial charge >= 0.3 is 5.97 Å². The number of hydrogen-bond acceptors (Lipinski definition) is 7. The maximum atomic E-state index is 12.6. The molecule has 0 spiro atoms. The summed E-state index contributed by atoms with van der Waals surface area (Å²) in [4.78, 5) is 26.3. The molecule has 1 aliphatic carbocycles. The fraction of sp³-hybridized carbons (Fsp3) is 0.579. The summed E-state index contributed by atoms with van der Waals surface area (Å²) >= 11 is 0. The molecule has 3 rings (SSSR count). The molecule has 1 aromatic carbocycles. The van der Waals surface area contributed by atoms with Crippen LogP contribution in [-0.4, -0.2) is 69.6 Å². The second kappa shape index (κ2) is 8.38. The van der Waals surface area contributed by atoms with Crippen LogP contribution in [0.25, 0.3) is 0 Å². The lowest BCUT2D eigenvalue weighted by Gasteiger charge is -2.28. The Morgan fingerprint density at radius 1 is 1.07 bits per heavy atom. The van der Waals surface area contributed by atoms with Crippen LogP contribution in [0.15, 0.2) is 18.2 Å². The van der Waals surface area contributed by atoms with Gasteiger partial charge in [0.25, 0.3) is 5.91 Å². The van der Waals surface area contributed by atoms with E-state index in [2.05, 4.69) is 0 Å². The van der Waals surface area contributed by atoms with Gasteiger partial charge in [0.15, 0.2) is 27.9 Å². The summed E-state index contributed by atoms with van der Waals surface area (Å²) < 4.78 is 39.0. The maximum absolute atomic E-state index is 12.6. The number of hydrogen-bond donors (Lipinski definition) is 0. The molecule has 9 heteroatoms. The molecule has 0 radical (unpaired) electrons. The van der Waals surface area contributed by atoms with E-state index in [4.69, 9.17) is 14.2 Å². The third-order valence-corrected chi connectivity index (χ3v) is 6.73. The van der Waals surface area contributed by atoms with Gasteiger partial charge in [0.1, 0.15) is 0 Å². The summed E-state index contributed by atoms with van der Waals surface area (Å²) in [7, 11) is -0.0532. The van der Waals surface area contributed by atoms with Gasteiger partial charge in [-0.2, -0.15) is 0 Å². The number of sulfone groups is 1. The highest BCUT2D eigenvalue weighted by molar-refractivity contribution is 7.91. The van der Waals surface area contributed by atoms with Gasteiger partial charge in [-0.3, -0.25) is 9.59 Å². The average Bonchev–Trinajstić information content (AvgIpc) is 3.42. The van der Waals surface area contributed by atoms with E-state index in [0.29, 0.717) is 23.5 Å². The first-order valence-corrected chi connectivity index (χ1v) is 11.0. The average molecular weight is 411 g/mol. The first-order chi connectivity index (χ1) is 13.3. The van der Waals surface area contributed by atoms with Gasteiger partial charge in [-0.1, -0.05) is 6.07 Å². The topological polar surface area (TPSA) is 99.2 Å². The van der Waals surface area contributed by atoms with Crippen molar-refractivity contribution in [2.75, 3.05) is 32.3 Å². The molecule has 1 atom stereocenters. The monoisotopic (exact) mass is 411 g/mol. The quantitative estimate of drug-likeness (QED) is 0.588. The lowest BCUT2D eigenvalue weighted by molar-refractivity contribution is -0.152. The van der Waals surface area contributed by atoms with Gasteiger partial charge in [0.05, 0.1) is 32.1 Å². The number of esters is 1. The molecular weight excluding hydrogens is 386 g/mol. The van der Waals surface area contributed by atoms with Crippen LogP contribution >= 0.6 is 0 Å². The highest BCUT2D eigenvalue weighted by Gasteiger charge is 2.42. The zero-order chi connectivity index (χ0) is 20.3. The van der Waals surface area contributed by atoms with Crippen LogP contribution in [0.2, 0.25) is 0 Å². The Morgan fingerprint density at radius 2 is 1.79 bits per heavy atom. The summed E-state index contributed by atoms with van der Waals surface area (Å²) in [5.74, 6) is 0.301. The highest BCUT2D eigenvalue weighted by Crippen LogP contribution is 2.32. The normalized spacial score (nSPS) is 20.4. The molecule has 1 saturated carbocycles. The van der Waals surface area contributed by atoms with E-state index >= 15 is 0 Å². The first-order valence-electron chi connectivity index (χ1n) is 9.21. The Balaban J connectivity index is 1.55. The molecule has 154 valence electrons. The molecule has 0 unspecified atom stereocenters. The number of carbonyl (C=O) groups excluding carboxylic acids is 2. The fourth-order valence-corrected chi connectivity index (χ4v) is 5.19. The van der Waals surface area contributed by atoms with E-state index in [1.54, 1.807) is 23.1 Å². The van der Waals surface area contributed by atoms with E-state index in [1.807, 2.05) is 0 Å². The number of rotatable bonds is 8. The van der Waals surface area contributed by atoms with Crippen LogP contribution in [-0.2, 0) is 30.6 Å². The van der Waals surface area contributed by atoms with E-state index in [0.717, 1.165) is 12.8 Å². The fourth-order valence-electron chi connectivity index (χ4n) is 3.48. The Morgan fingerprint density at radius 3 is 2.36 bits per heavy atom. The lowest BCUT2D eigenvalue weighted by Crippen LogP contribution is -2.44. The Labute approximate surface area is 164 Å². The van der Waals surface area contributed by atoms with E-state index in [1.165, 1.54) is 14.2 Å². The lowest BCUT2D eigenvalue weighted by atomic mass is 10.1. The smallest absolute Gasteiger partial charge is 0.310 e. The molecule has 2 fully saturated rings. The van der Waals surface area contributed by atoms with Crippen LogP contribution in [0.1, 0.15) is 24.8 Å². The summed E-state index contributed by atoms with van der Waals surface area (Å²) in [6.07, 6.45) is 2.17. The number of methoxy groups -OCH3 is 2. The largest absolute Gasteiger partial charge is 0.493 e. The molecule has 1 amide bonds. The van der Waals surface area contributed by atoms with Crippen LogP contribution in [0.4, 0.5) is 0 Å². The maximum Gasteiger partial charge on any atom is 0.310 e. The Bertz CT molecular complexity index is 848. The number of benzene rings is 1. The van der Waals surface area contributed by atoms with Gasteiger partial charge in [-0.05, 0) is 37.0 Å². The van der Waals surface area contributed by atoms with Gasteiger partial charge in [0, 0.05) is 12.1 Å². The predicted octanol–water partition coefficient (Wildman–Crippen LogP) is 0.968. The molecular formula is C19H25NO7S.